The molecule has 0 aliphatic carbocycles. The minimum Gasteiger partial charge on any atom is -0.494 e. The highest BCUT2D eigenvalue weighted by molar-refractivity contribution is 7.99. The van der Waals surface area contributed by atoms with Gasteiger partial charge in [0.25, 0.3) is 0 Å². The van der Waals surface area contributed by atoms with E-state index in [2.05, 4.69) is 6.92 Å². The third-order valence-electron chi connectivity index (χ3n) is 4.23. The van der Waals surface area contributed by atoms with Crippen molar-refractivity contribution >= 4 is 34.3 Å². The number of para-hydroxylation sites is 2. The predicted molar refractivity (Wildman–Crippen MR) is 108 cm³/mol. The Morgan fingerprint density at radius 3 is 2.62 bits per heavy atom. The average molecular weight is 366 g/mol. The van der Waals surface area contributed by atoms with Crippen LogP contribution in [0.15, 0.2) is 59.6 Å². The number of fused-ring (bicyclic) bond motifs is 1. The van der Waals surface area contributed by atoms with Crippen molar-refractivity contribution in [3.05, 3.63) is 60.2 Å². The lowest BCUT2D eigenvalue weighted by molar-refractivity contribution is -0.116. The number of rotatable bonds is 6. The van der Waals surface area contributed by atoms with Crippen LogP contribution in [0, 0.1) is 6.92 Å². The zero-order chi connectivity index (χ0) is 18.5. The van der Waals surface area contributed by atoms with Gasteiger partial charge in [-0.1, -0.05) is 42.1 Å². The van der Waals surface area contributed by atoms with Crippen molar-refractivity contribution < 1.29 is 9.53 Å². The van der Waals surface area contributed by atoms with Crippen LogP contribution in [0.4, 0.5) is 5.69 Å². The Labute approximate surface area is 158 Å². The second-order valence-corrected chi connectivity index (χ2v) is 6.89. The maximum absolute atomic E-state index is 12.7. The summed E-state index contributed by atoms with van der Waals surface area (Å²) in [6, 6.07) is 17.7. The van der Waals surface area contributed by atoms with Crippen molar-refractivity contribution in [2.45, 2.75) is 18.9 Å². The zero-order valence-electron chi connectivity index (χ0n) is 15.2. The molecule has 0 radical (unpaired) electrons. The molecule has 0 fully saturated rings. The summed E-state index contributed by atoms with van der Waals surface area (Å²) < 4.78 is 5.43. The number of amides is 1. The van der Waals surface area contributed by atoms with Crippen molar-refractivity contribution in [2.75, 3.05) is 24.3 Å². The van der Waals surface area contributed by atoms with E-state index in [9.17, 15) is 4.79 Å². The van der Waals surface area contributed by atoms with Gasteiger partial charge >= 0.3 is 0 Å². The molecule has 1 amide bonds. The van der Waals surface area contributed by atoms with Crippen LogP contribution in [0.25, 0.3) is 10.9 Å². The number of methoxy groups -OCH3 is 1. The number of hydrogen-bond donors (Lipinski definition) is 0. The minimum absolute atomic E-state index is 0.0725. The number of benzene rings is 2. The van der Waals surface area contributed by atoms with Gasteiger partial charge in [-0.3, -0.25) is 4.79 Å². The number of nitrogens with zero attached hydrogens (tertiary/aromatic N) is 2. The number of aromatic nitrogens is 1. The van der Waals surface area contributed by atoms with E-state index in [1.807, 2.05) is 61.5 Å². The van der Waals surface area contributed by atoms with E-state index >= 15 is 0 Å². The van der Waals surface area contributed by atoms with Crippen molar-refractivity contribution in [1.82, 2.24) is 4.98 Å². The van der Waals surface area contributed by atoms with E-state index in [1.54, 1.807) is 12.0 Å². The number of ether oxygens (including phenoxy) is 1. The van der Waals surface area contributed by atoms with Gasteiger partial charge in [-0.2, -0.15) is 0 Å². The lowest BCUT2D eigenvalue weighted by Gasteiger charge is -2.20. The quantitative estimate of drug-likeness (QED) is 0.593. The monoisotopic (exact) mass is 366 g/mol. The van der Waals surface area contributed by atoms with E-state index in [0.717, 1.165) is 32.9 Å². The first-order chi connectivity index (χ1) is 12.6. The molecular formula is C21H22N2O2S. The molecule has 0 unspecified atom stereocenters. The first-order valence-electron chi connectivity index (χ1n) is 8.56. The molecular weight excluding hydrogens is 344 g/mol. The number of hydrogen-bond acceptors (Lipinski definition) is 4. The third-order valence-corrected chi connectivity index (χ3v) is 5.13. The molecule has 0 aliphatic heterocycles. The van der Waals surface area contributed by atoms with Gasteiger partial charge in [0.15, 0.2) is 0 Å². The van der Waals surface area contributed by atoms with Crippen LogP contribution < -0.4 is 9.64 Å². The van der Waals surface area contributed by atoms with Gasteiger partial charge in [0, 0.05) is 17.6 Å². The summed E-state index contributed by atoms with van der Waals surface area (Å²) in [4.78, 5) is 19.2. The van der Waals surface area contributed by atoms with Crippen molar-refractivity contribution in [2.24, 2.45) is 0 Å². The molecule has 2 aromatic carbocycles. The molecule has 0 saturated carbocycles. The van der Waals surface area contributed by atoms with Gasteiger partial charge in [0.05, 0.1) is 17.9 Å². The standard InChI is InChI=1S/C21H22N2O2S/c1-4-23(16-9-6-5-7-10-16)20(24)14-26-19-13-15(2)17-11-8-12-18(25-3)21(17)22-19/h5-13H,4,14H2,1-3H3. The number of carbonyl (C=O) groups excluding carboxylic acids is 1. The molecule has 134 valence electrons. The smallest absolute Gasteiger partial charge is 0.237 e. The van der Waals surface area contributed by atoms with Crippen molar-refractivity contribution in [1.29, 1.82) is 0 Å². The Kier molecular flexibility index (Phi) is 5.78. The summed E-state index contributed by atoms with van der Waals surface area (Å²) >= 11 is 1.46. The van der Waals surface area contributed by atoms with Crippen LogP contribution in [-0.2, 0) is 4.79 Å². The highest BCUT2D eigenvalue weighted by atomic mass is 32.2. The fourth-order valence-corrected chi connectivity index (χ4v) is 3.77. The number of pyridine rings is 1. The van der Waals surface area contributed by atoms with E-state index in [1.165, 1.54) is 11.8 Å². The number of aryl methyl sites for hydroxylation is 1. The van der Waals surface area contributed by atoms with Crippen LogP contribution in [0.5, 0.6) is 5.75 Å². The molecule has 4 nitrogen and oxygen atoms in total. The summed E-state index contributed by atoms with van der Waals surface area (Å²) in [5.74, 6) is 1.16. The summed E-state index contributed by atoms with van der Waals surface area (Å²) in [5, 5.41) is 1.90. The van der Waals surface area contributed by atoms with E-state index in [-0.39, 0.29) is 5.91 Å². The lowest BCUT2D eigenvalue weighted by atomic mass is 10.1. The summed E-state index contributed by atoms with van der Waals surface area (Å²) in [7, 11) is 1.65. The number of thioether (sulfide) groups is 1. The maximum Gasteiger partial charge on any atom is 0.237 e. The molecule has 0 N–H and O–H groups in total. The average Bonchev–Trinajstić information content (AvgIpc) is 2.67. The van der Waals surface area contributed by atoms with Gasteiger partial charge in [-0.15, -0.1) is 0 Å². The molecule has 1 heterocycles. The van der Waals surface area contributed by atoms with Crippen LogP contribution >= 0.6 is 11.8 Å². The molecule has 5 heteroatoms. The topological polar surface area (TPSA) is 42.4 Å². The van der Waals surface area contributed by atoms with Gasteiger partial charge in [-0.05, 0) is 43.7 Å². The fraction of sp³-hybridized carbons (Fsp3) is 0.238. The Morgan fingerprint density at radius 2 is 1.92 bits per heavy atom. The second kappa shape index (κ2) is 8.23. The molecule has 0 bridgehead atoms. The third kappa shape index (κ3) is 3.83. The summed E-state index contributed by atoms with van der Waals surface area (Å²) in [5.41, 5.74) is 2.88. The number of carbonyl (C=O) groups is 1. The van der Waals surface area contributed by atoms with E-state index in [4.69, 9.17) is 9.72 Å². The van der Waals surface area contributed by atoms with Gasteiger partial charge in [0.1, 0.15) is 11.3 Å². The molecule has 0 spiro atoms. The van der Waals surface area contributed by atoms with Crippen molar-refractivity contribution in [3.63, 3.8) is 0 Å². The summed E-state index contributed by atoms with van der Waals surface area (Å²) in [6.07, 6.45) is 0. The molecule has 26 heavy (non-hydrogen) atoms. The lowest BCUT2D eigenvalue weighted by Crippen LogP contribution is -2.32. The van der Waals surface area contributed by atoms with Crippen LogP contribution in [-0.4, -0.2) is 30.3 Å². The second-order valence-electron chi connectivity index (χ2n) is 5.90. The zero-order valence-corrected chi connectivity index (χ0v) is 16.0. The van der Waals surface area contributed by atoms with Crippen molar-refractivity contribution in [3.8, 4) is 5.75 Å². The molecule has 0 aliphatic rings. The molecule has 3 rings (SSSR count). The van der Waals surface area contributed by atoms with Crippen LogP contribution in [0.2, 0.25) is 0 Å². The van der Waals surface area contributed by atoms with Gasteiger partial charge in [0.2, 0.25) is 5.91 Å². The van der Waals surface area contributed by atoms with E-state index < -0.39 is 0 Å². The van der Waals surface area contributed by atoms with Gasteiger partial charge in [-0.25, -0.2) is 4.98 Å². The highest BCUT2D eigenvalue weighted by Crippen LogP contribution is 2.29. The summed E-state index contributed by atoms with van der Waals surface area (Å²) in [6.45, 7) is 4.68. The largest absolute Gasteiger partial charge is 0.494 e. The first-order valence-corrected chi connectivity index (χ1v) is 9.55. The van der Waals surface area contributed by atoms with Gasteiger partial charge < -0.3 is 9.64 Å². The molecule has 0 saturated heterocycles. The van der Waals surface area contributed by atoms with Crippen LogP contribution in [0.3, 0.4) is 0 Å². The number of anilines is 1. The Hall–Kier alpha value is -2.53. The molecule has 0 atom stereocenters. The molecule has 1 aromatic heterocycles. The fourth-order valence-electron chi connectivity index (χ4n) is 2.92. The Balaban J connectivity index is 1.80. The first kappa shape index (κ1) is 18.3. The maximum atomic E-state index is 12.7. The van der Waals surface area contributed by atoms with Crippen LogP contribution in [0.1, 0.15) is 12.5 Å². The predicted octanol–water partition coefficient (Wildman–Crippen LogP) is 4.70. The normalized spacial score (nSPS) is 10.7. The highest BCUT2D eigenvalue weighted by Gasteiger charge is 2.15. The molecule has 3 aromatic rings. The Morgan fingerprint density at radius 1 is 1.15 bits per heavy atom. The minimum atomic E-state index is 0.0725. The SMILES string of the molecule is CCN(C(=O)CSc1cc(C)c2cccc(OC)c2n1)c1ccccc1. The van der Waals surface area contributed by atoms with E-state index in [0.29, 0.717) is 12.3 Å². The Bertz CT molecular complexity index is 913.